The molecule has 1 aromatic carbocycles. The summed E-state index contributed by atoms with van der Waals surface area (Å²) in [6.07, 6.45) is 3.64. The monoisotopic (exact) mass is 310 g/mol. The third-order valence-corrected chi connectivity index (χ3v) is 4.86. The molecular formula is C18H23BN2O2. The van der Waals surface area contributed by atoms with Gasteiger partial charge in [0.1, 0.15) is 0 Å². The van der Waals surface area contributed by atoms with Crippen LogP contribution in [0.3, 0.4) is 0 Å². The van der Waals surface area contributed by atoms with Crippen LogP contribution in [0.15, 0.2) is 36.7 Å². The van der Waals surface area contributed by atoms with Gasteiger partial charge in [-0.2, -0.15) is 0 Å². The van der Waals surface area contributed by atoms with E-state index >= 15 is 0 Å². The summed E-state index contributed by atoms with van der Waals surface area (Å²) in [5.41, 5.74) is 10.1. The molecule has 0 spiro atoms. The third-order valence-electron chi connectivity index (χ3n) is 4.86. The van der Waals surface area contributed by atoms with Crippen LogP contribution in [0.25, 0.3) is 11.1 Å². The number of hydrogen-bond acceptors (Lipinski definition) is 4. The molecule has 0 bridgehead atoms. The summed E-state index contributed by atoms with van der Waals surface area (Å²) in [4.78, 5) is 4.37. The number of anilines is 1. The van der Waals surface area contributed by atoms with Gasteiger partial charge in [0.05, 0.1) is 11.2 Å². The molecule has 0 saturated carbocycles. The fraction of sp³-hybridized carbons (Fsp3) is 0.389. The zero-order valence-electron chi connectivity index (χ0n) is 14.4. The molecule has 1 aliphatic heterocycles. The number of aryl methyl sites for hydroxylation is 1. The molecule has 23 heavy (non-hydrogen) atoms. The van der Waals surface area contributed by atoms with Crippen LogP contribution < -0.4 is 11.2 Å². The second kappa shape index (κ2) is 5.36. The SMILES string of the molecule is Cc1ccc(N)cc1-c1cncc(B2OC(C)(C)C(C)(C)O2)c1. The summed E-state index contributed by atoms with van der Waals surface area (Å²) in [6, 6.07) is 7.97. The molecule has 4 nitrogen and oxygen atoms in total. The van der Waals surface area contributed by atoms with Crippen LogP contribution >= 0.6 is 0 Å². The minimum Gasteiger partial charge on any atom is -0.399 e. The van der Waals surface area contributed by atoms with E-state index in [1.165, 1.54) is 0 Å². The van der Waals surface area contributed by atoms with Crippen LogP contribution in [0.5, 0.6) is 0 Å². The minimum atomic E-state index is -0.409. The van der Waals surface area contributed by atoms with Gasteiger partial charge >= 0.3 is 7.12 Å². The van der Waals surface area contributed by atoms with Crippen molar-refractivity contribution in [1.82, 2.24) is 4.98 Å². The number of nitrogens with two attached hydrogens (primary N) is 1. The number of pyridine rings is 1. The summed E-state index contributed by atoms with van der Waals surface area (Å²) in [7, 11) is -0.409. The maximum Gasteiger partial charge on any atom is 0.496 e. The van der Waals surface area contributed by atoms with Gasteiger partial charge in [-0.25, -0.2) is 0 Å². The molecule has 0 unspecified atom stereocenters. The fourth-order valence-electron chi connectivity index (χ4n) is 2.66. The van der Waals surface area contributed by atoms with Gasteiger partial charge < -0.3 is 15.0 Å². The average Bonchev–Trinajstić information content (AvgIpc) is 2.70. The quantitative estimate of drug-likeness (QED) is 0.684. The van der Waals surface area contributed by atoms with Crippen molar-refractivity contribution >= 4 is 18.3 Å². The molecule has 2 N–H and O–H groups in total. The Labute approximate surface area is 138 Å². The van der Waals surface area contributed by atoms with Gasteiger partial charge in [-0.05, 0) is 63.4 Å². The van der Waals surface area contributed by atoms with Crippen molar-refractivity contribution in [3.8, 4) is 11.1 Å². The smallest absolute Gasteiger partial charge is 0.399 e. The number of nitrogens with zero attached hydrogens (tertiary/aromatic N) is 1. The Hall–Kier alpha value is -1.85. The van der Waals surface area contributed by atoms with Crippen molar-refractivity contribution in [1.29, 1.82) is 0 Å². The number of rotatable bonds is 2. The topological polar surface area (TPSA) is 57.4 Å². The second-order valence-electron chi connectivity index (χ2n) is 7.17. The Morgan fingerprint density at radius 2 is 1.65 bits per heavy atom. The Kier molecular flexibility index (Phi) is 3.73. The van der Waals surface area contributed by atoms with E-state index in [1.807, 2.05) is 52.1 Å². The van der Waals surface area contributed by atoms with E-state index in [9.17, 15) is 0 Å². The van der Waals surface area contributed by atoms with E-state index in [1.54, 1.807) is 6.20 Å². The predicted octanol–water partition coefficient (Wildman–Crippen LogP) is 2.94. The van der Waals surface area contributed by atoms with Crippen LogP contribution in [0, 0.1) is 6.92 Å². The first-order valence-electron chi connectivity index (χ1n) is 7.87. The van der Waals surface area contributed by atoms with Gasteiger partial charge in [0, 0.05) is 23.5 Å². The lowest BCUT2D eigenvalue weighted by Crippen LogP contribution is -2.41. The number of aromatic nitrogens is 1. The highest BCUT2D eigenvalue weighted by molar-refractivity contribution is 6.62. The van der Waals surface area contributed by atoms with Crippen molar-refractivity contribution in [2.75, 3.05) is 5.73 Å². The van der Waals surface area contributed by atoms with Crippen molar-refractivity contribution in [3.05, 3.63) is 42.2 Å². The van der Waals surface area contributed by atoms with Crippen molar-refractivity contribution in [2.45, 2.75) is 45.8 Å². The van der Waals surface area contributed by atoms with Gasteiger partial charge in [-0.3, -0.25) is 4.98 Å². The highest BCUT2D eigenvalue weighted by atomic mass is 16.7. The molecule has 1 saturated heterocycles. The molecule has 0 radical (unpaired) electrons. The van der Waals surface area contributed by atoms with E-state index in [0.717, 1.165) is 27.8 Å². The van der Waals surface area contributed by atoms with Crippen LogP contribution in [-0.2, 0) is 9.31 Å². The molecule has 3 rings (SSSR count). The van der Waals surface area contributed by atoms with Crippen LogP contribution in [-0.4, -0.2) is 23.3 Å². The maximum absolute atomic E-state index is 6.11. The second-order valence-corrected chi connectivity index (χ2v) is 7.17. The Morgan fingerprint density at radius 1 is 1.00 bits per heavy atom. The Bertz CT molecular complexity index is 728. The summed E-state index contributed by atoms with van der Waals surface area (Å²) >= 11 is 0. The molecule has 0 amide bonds. The number of nitrogen functional groups attached to an aromatic ring is 1. The third kappa shape index (κ3) is 2.86. The first-order chi connectivity index (χ1) is 10.7. The van der Waals surface area contributed by atoms with Gasteiger partial charge in [-0.15, -0.1) is 0 Å². The minimum absolute atomic E-state index is 0.360. The van der Waals surface area contributed by atoms with Gasteiger partial charge in [0.15, 0.2) is 0 Å². The fourth-order valence-corrected chi connectivity index (χ4v) is 2.66. The first-order valence-corrected chi connectivity index (χ1v) is 7.87. The molecule has 0 atom stereocenters. The lowest BCUT2D eigenvalue weighted by atomic mass is 9.79. The summed E-state index contributed by atoms with van der Waals surface area (Å²) in [5, 5.41) is 0. The van der Waals surface area contributed by atoms with Crippen LogP contribution in [0.2, 0.25) is 0 Å². The summed E-state index contributed by atoms with van der Waals surface area (Å²) in [5.74, 6) is 0. The zero-order valence-corrected chi connectivity index (χ0v) is 14.4. The number of hydrogen-bond donors (Lipinski definition) is 1. The lowest BCUT2D eigenvalue weighted by Gasteiger charge is -2.32. The molecule has 0 aliphatic carbocycles. The first kappa shape index (κ1) is 16.0. The van der Waals surface area contributed by atoms with Crippen LogP contribution in [0.4, 0.5) is 5.69 Å². The van der Waals surface area contributed by atoms with Gasteiger partial charge in [0.2, 0.25) is 0 Å². The largest absolute Gasteiger partial charge is 0.496 e. The molecule has 2 heterocycles. The molecule has 1 fully saturated rings. The normalized spacial score (nSPS) is 19.1. The van der Waals surface area contributed by atoms with E-state index in [2.05, 4.69) is 18.0 Å². The number of benzene rings is 1. The van der Waals surface area contributed by atoms with E-state index in [4.69, 9.17) is 15.0 Å². The van der Waals surface area contributed by atoms with E-state index in [-0.39, 0.29) is 11.2 Å². The Balaban J connectivity index is 1.97. The Morgan fingerprint density at radius 3 is 2.30 bits per heavy atom. The highest BCUT2D eigenvalue weighted by Gasteiger charge is 2.51. The predicted molar refractivity (Wildman–Crippen MR) is 94.5 cm³/mol. The highest BCUT2D eigenvalue weighted by Crippen LogP contribution is 2.36. The summed E-state index contributed by atoms with van der Waals surface area (Å²) in [6.45, 7) is 10.3. The van der Waals surface area contributed by atoms with Crippen molar-refractivity contribution < 1.29 is 9.31 Å². The zero-order chi connectivity index (χ0) is 16.8. The molecule has 5 heteroatoms. The molecule has 120 valence electrons. The van der Waals surface area contributed by atoms with Crippen molar-refractivity contribution in [2.24, 2.45) is 0 Å². The standard InChI is InChI=1S/C18H23BN2O2/c1-12-6-7-15(20)9-16(12)13-8-14(11-21-10-13)19-22-17(2,3)18(4,5)23-19/h6-11H,20H2,1-5H3. The average molecular weight is 310 g/mol. The van der Waals surface area contributed by atoms with E-state index < -0.39 is 7.12 Å². The summed E-state index contributed by atoms with van der Waals surface area (Å²) < 4.78 is 12.2. The maximum atomic E-state index is 6.11. The van der Waals surface area contributed by atoms with Crippen molar-refractivity contribution in [3.63, 3.8) is 0 Å². The molecule has 1 aliphatic rings. The van der Waals surface area contributed by atoms with Gasteiger partial charge in [0.25, 0.3) is 0 Å². The van der Waals surface area contributed by atoms with Crippen LogP contribution in [0.1, 0.15) is 33.3 Å². The molecule has 1 aromatic heterocycles. The lowest BCUT2D eigenvalue weighted by molar-refractivity contribution is 0.00578. The molecular weight excluding hydrogens is 287 g/mol. The van der Waals surface area contributed by atoms with Gasteiger partial charge in [-0.1, -0.05) is 12.1 Å². The molecule has 2 aromatic rings. The van der Waals surface area contributed by atoms with E-state index in [0.29, 0.717) is 0 Å².